The van der Waals surface area contributed by atoms with Crippen LogP contribution in [0.5, 0.6) is 0 Å². The number of hydrogen-bond donors (Lipinski definition) is 0. The first-order chi connectivity index (χ1) is 36.4. The van der Waals surface area contributed by atoms with Crippen LogP contribution in [0.25, 0.3) is 0 Å². The maximum atomic E-state index is 11.2. The summed E-state index contributed by atoms with van der Waals surface area (Å²) in [6.45, 7) is 58.8. The highest BCUT2D eigenvalue weighted by Crippen LogP contribution is 2.38. The van der Waals surface area contributed by atoms with Crippen molar-refractivity contribution < 1.29 is 26.3 Å². The lowest BCUT2D eigenvalue weighted by atomic mass is 9.79. The van der Waals surface area contributed by atoms with Gasteiger partial charge in [0.2, 0.25) is 0 Å². The fraction of sp³-hybridized carbons (Fsp3) is 0.776. The second-order valence-corrected chi connectivity index (χ2v) is 31.2. The number of aryl methyl sites for hydroxylation is 3. The van der Waals surface area contributed by atoms with Gasteiger partial charge in [-0.3, -0.25) is 19.9 Å². The molecular weight excluding hydrogens is 1020 g/mol. The molecule has 3 fully saturated rings. The maximum absolute atomic E-state index is 11.2. The van der Waals surface area contributed by atoms with Gasteiger partial charge in [0, 0.05) is 69.0 Å². The van der Waals surface area contributed by atoms with Gasteiger partial charge < -0.3 is 9.47 Å². The molecule has 0 aliphatic carbocycles. The zero-order chi connectivity index (χ0) is 61.1. The quantitative estimate of drug-likeness (QED) is 0.145. The molecule has 6 rings (SSSR count). The smallest absolute Gasteiger partial charge is 0.150 e. The molecule has 6 atom stereocenters. The fourth-order valence-corrected chi connectivity index (χ4v) is 13.3. The molecule has 0 saturated carbocycles. The molecule has 3 aromatic heterocycles. The molecule has 3 aromatic rings. The molecule has 0 bridgehead atoms. The van der Waals surface area contributed by atoms with Gasteiger partial charge in [-0.05, 0) is 157 Å². The number of methoxy groups -OCH3 is 1. The Hall–Kier alpha value is -2.77. The number of morpholine rings is 1. The molecule has 12 heteroatoms. The van der Waals surface area contributed by atoms with Crippen LogP contribution in [0.4, 0.5) is 0 Å². The molecule has 0 radical (unpaired) electrons. The molecule has 0 amide bonds. The minimum absolute atomic E-state index is 0.0405. The van der Waals surface area contributed by atoms with E-state index in [-0.39, 0.29) is 5.41 Å². The summed E-state index contributed by atoms with van der Waals surface area (Å²) in [7, 11) is -3.59. The summed E-state index contributed by atoms with van der Waals surface area (Å²) in [5.74, 6) is 9.18. The number of sulfone groups is 2. The standard InChI is InChI=1S/C12H19N.C11H23NO.2C11H17N.C8H16O2S.C7H14O2S.C7H16O/c1-5-12(9(2)3)11-7-6-10(4)13-8-11;1-10(2)11(3,4)9-12-5-7-13-8-6-12;2*1-8(2)10(4)11-6-5-9(3)12-7-11;1-7(2)8(3)4-5-11(9,10)6-8;1-6(2)7-3-4-10(8,9)5-7;1-6(2)7(3)5-8-4/h6-9,12H,5H2,1-4H3;10H,5-9H2,1-4H3;2*5-8,10H,1-4H3;7H,4-6H2,1-3H3;6-7H,3-5H2,1-2H3;6-7H,5H2,1-4H3/t12-;;2*10-;;;/m0.10.../s1. The Labute approximate surface area is 488 Å². The van der Waals surface area contributed by atoms with Crippen LogP contribution in [0, 0.1) is 84.9 Å². The van der Waals surface area contributed by atoms with Crippen molar-refractivity contribution in [2.75, 3.05) is 69.6 Å². The fourth-order valence-electron chi connectivity index (χ4n) is 8.87. The number of nitrogens with zero attached hydrogens (tertiary/aromatic N) is 4. The van der Waals surface area contributed by atoms with Crippen LogP contribution >= 0.6 is 0 Å². The molecule has 3 aliphatic rings. The zero-order valence-corrected chi connectivity index (χ0v) is 57.0. The third kappa shape index (κ3) is 31.5. The van der Waals surface area contributed by atoms with Crippen LogP contribution in [0.1, 0.15) is 216 Å². The molecule has 10 nitrogen and oxygen atoms in total. The van der Waals surface area contributed by atoms with E-state index in [2.05, 4.69) is 202 Å². The van der Waals surface area contributed by atoms with E-state index >= 15 is 0 Å². The summed E-state index contributed by atoms with van der Waals surface area (Å²) in [6, 6.07) is 12.8. The molecule has 0 N–H and O–H groups in total. The Morgan fingerprint density at radius 2 is 1.09 bits per heavy atom. The van der Waals surface area contributed by atoms with Gasteiger partial charge >= 0.3 is 0 Å². The lowest BCUT2D eigenvalue weighted by Gasteiger charge is -2.37. The van der Waals surface area contributed by atoms with Crippen LogP contribution < -0.4 is 0 Å². The Balaban J connectivity index is 0.000000903. The topological polar surface area (TPSA) is 129 Å². The largest absolute Gasteiger partial charge is 0.384 e. The highest BCUT2D eigenvalue weighted by Gasteiger charge is 2.40. The summed E-state index contributed by atoms with van der Waals surface area (Å²) in [6.07, 6.45) is 8.90. The summed E-state index contributed by atoms with van der Waals surface area (Å²) < 4.78 is 54.5. The number of aromatic nitrogens is 3. The highest BCUT2D eigenvalue weighted by atomic mass is 32.2. The zero-order valence-electron chi connectivity index (χ0n) is 55.4. The van der Waals surface area contributed by atoms with Crippen molar-refractivity contribution in [3.63, 3.8) is 0 Å². The Bertz CT molecular complexity index is 2200. The molecular formula is C67H122N4O6S2. The molecule has 3 saturated heterocycles. The molecule has 6 heterocycles. The second-order valence-electron chi connectivity index (χ2n) is 26.8. The predicted octanol–water partition coefficient (Wildman–Crippen LogP) is 16.3. The Kier molecular flexibility index (Phi) is 36.1. The summed E-state index contributed by atoms with van der Waals surface area (Å²) in [4.78, 5) is 15.4. The molecule has 3 aliphatic heterocycles. The van der Waals surface area contributed by atoms with Crippen molar-refractivity contribution in [2.45, 2.75) is 203 Å². The average Bonchev–Trinajstić information content (AvgIpc) is 3.90. The highest BCUT2D eigenvalue weighted by molar-refractivity contribution is 7.91. The van der Waals surface area contributed by atoms with Gasteiger partial charge in [-0.2, -0.15) is 0 Å². The number of rotatable bonds is 15. The first kappa shape index (κ1) is 76.2. The van der Waals surface area contributed by atoms with Crippen molar-refractivity contribution in [3.05, 3.63) is 88.8 Å². The molecule has 458 valence electrons. The number of hydrogen-bond acceptors (Lipinski definition) is 10. The van der Waals surface area contributed by atoms with Gasteiger partial charge in [0.05, 0.1) is 36.2 Å². The van der Waals surface area contributed by atoms with E-state index in [9.17, 15) is 16.8 Å². The van der Waals surface area contributed by atoms with Crippen molar-refractivity contribution in [2.24, 2.45) is 64.1 Å². The first-order valence-electron chi connectivity index (χ1n) is 30.4. The third-order valence-corrected chi connectivity index (χ3v) is 21.2. The molecule has 0 aromatic carbocycles. The van der Waals surface area contributed by atoms with Crippen LogP contribution in [0.2, 0.25) is 0 Å². The van der Waals surface area contributed by atoms with E-state index in [0.29, 0.717) is 87.6 Å². The van der Waals surface area contributed by atoms with E-state index in [1.807, 2.05) is 39.4 Å². The molecule has 79 heavy (non-hydrogen) atoms. The Morgan fingerprint density at radius 3 is 1.33 bits per heavy atom. The minimum atomic E-state index is -2.70. The van der Waals surface area contributed by atoms with Crippen molar-refractivity contribution >= 4 is 19.7 Å². The van der Waals surface area contributed by atoms with Crippen molar-refractivity contribution in [1.29, 1.82) is 0 Å². The normalized spacial score (nSPS) is 20.2. The third-order valence-electron chi connectivity index (χ3n) is 17.5. The van der Waals surface area contributed by atoms with Gasteiger partial charge in [-0.25, -0.2) is 16.8 Å². The van der Waals surface area contributed by atoms with Crippen molar-refractivity contribution in [3.8, 4) is 0 Å². The van der Waals surface area contributed by atoms with E-state index in [1.54, 1.807) is 7.11 Å². The monoisotopic (exact) mass is 1140 g/mol. The van der Waals surface area contributed by atoms with Crippen LogP contribution in [-0.2, 0) is 29.1 Å². The lowest BCUT2D eigenvalue weighted by Crippen LogP contribution is -2.43. The first-order valence-corrected chi connectivity index (χ1v) is 34.1. The Morgan fingerprint density at radius 1 is 0.646 bits per heavy atom. The summed E-state index contributed by atoms with van der Waals surface area (Å²) in [5.41, 5.74) is 7.82. The van der Waals surface area contributed by atoms with Gasteiger partial charge in [-0.1, -0.05) is 164 Å². The van der Waals surface area contributed by atoms with Crippen LogP contribution in [-0.4, -0.2) is 106 Å². The maximum Gasteiger partial charge on any atom is 0.150 e. The number of ether oxygens (including phenoxy) is 2. The van der Waals surface area contributed by atoms with E-state index in [0.717, 1.165) is 74.7 Å². The lowest BCUT2D eigenvalue weighted by molar-refractivity contribution is 0.0137. The van der Waals surface area contributed by atoms with E-state index in [1.165, 1.54) is 29.7 Å². The van der Waals surface area contributed by atoms with Crippen molar-refractivity contribution in [1.82, 2.24) is 19.9 Å². The average molecular weight is 1140 g/mol. The summed E-state index contributed by atoms with van der Waals surface area (Å²) in [5, 5.41) is 0. The predicted molar refractivity (Wildman–Crippen MR) is 341 cm³/mol. The van der Waals surface area contributed by atoms with E-state index < -0.39 is 19.7 Å². The minimum Gasteiger partial charge on any atom is -0.384 e. The second kappa shape index (κ2) is 37.4. The van der Waals surface area contributed by atoms with Gasteiger partial charge in [0.15, 0.2) is 19.7 Å². The molecule has 0 spiro atoms. The van der Waals surface area contributed by atoms with Crippen LogP contribution in [0.3, 0.4) is 0 Å². The van der Waals surface area contributed by atoms with Gasteiger partial charge in [-0.15, -0.1) is 0 Å². The molecule has 3 unspecified atom stereocenters. The van der Waals surface area contributed by atoms with Crippen LogP contribution in [0.15, 0.2) is 55.0 Å². The summed E-state index contributed by atoms with van der Waals surface area (Å²) >= 11 is 0. The van der Waals surface area contributed by atoms with E-state index in [4.69, 9.17) is 9.47 Å². The number of pyridine rings is 3. The van der Waals surface area contributed by atoms with Gasteiger partial charge in [0.25, 0.3) is 0 Å². The van der Waals surface area contributed by atoms with Gasteiger partial charge in [0.1, 0.15) is 0 Å². The SMILES string of the molecule is CC(C)C(C)(C)CN1CCOCC1.CC(C)C1(C)CCS(=O)(=O)C1.CC(C)C1CCS(=O)(=O)C1.CC[C@H](c1ccc(C)nc1)C(C)C.COCC(C)C(C)C.Cc1ccc([C@@H](C)C(C)C)cn1.Cc1ccc([C@H](C)C(C)C)cn1.